The third-order valence-corrected chi connectivity index (χ3v) is 4.02. The number of unbranched alkanes of at least 4 members (excludes halogenated alkanes) is 2. The average Bonchev–Trinajstić information content (AvgIpc) is 2.70. The zero-order chi connectivity index (χ0) is 16.5. The molecule has 2 N–H and O–H groups in total. The molecule has 5 nitrogen and oxygen atoms in total. The third kappa shape index (κ3) is 7.54. The highest BCUT2D eigenvalue weighted by atomic mass is 127. The molecule has 0 fully saturated rings. The maximum absolute atomic E-state index is 4.73. The first kappa shape index (κ1) is 22.2. The van der Waals surface area contributed by atoms with Gasteiger partial charge in [0.25, 0.3) is 0 Å². The van der Waals surface area contributed by atoms with Crippen LogP contribution in [0, 0.1) is 13.8 Å². The molecule has 1 rings (SSSR count). The standard InChI is InChI=1S/C17H33N5.HI/c1-7-9-10-11-13(3)20-17(18-8-2)19-12-16-14(4)21-22(6)15(16)5;/h13H,7-12H2,1-6H3,(H2,18,19,20);1H. The van der Waals surface area contributed by atoms with E-state index < -0.39 is 0 Å². The number of nitrogens with one attached hydrogen (secondary N) is 2. The molecular weight excluding hydrogens is 401 g/mol. The monoisotopic (exact) mass is 435 g/mol. The number of aryl methyl sites for hydroxylation is 2. The number of aromatic nitrogens is 2. The van der Waals surface area contributed by atoms with Gasteiger partial charge in [0, 0.05) is 30.9 Å². The Kier molecular flexibility index (Phi) is 11.3. The summed E-state index contributed by atoms with van der Waals surface area (Å²) < 4.78 is 1.92. The number of hydrogen-bond acceptors (Lipinski definition) is 2. The molecule has 23 heavy (non-hydrogen) atoms. The van der Waals surface area contributed by atoms with E-state index in [0.29, 0.717) is 12.6 Å². The summed E-state index contributed by atoms with van der Waals surface area (Å²) in [5.41, 5.74) is 3.47. The van der Waals surface area contributed by atoms with Gasteiger partial charge in [-0.3, -0.25) is 4.68 Å². The Bertz CT molecular complexity index is 482. The van der Waals surface area contributed by atoms with E-state index in [9.17, 15) is 0 Å². The summed E-state index contributed by atoms with van der Waals surface area (Å²) in [7, 11) is 1.98. The summed E-state index contributed by atoms with van der Waals surface area (Å²) in [5, 5.41) is 11.3. The van der Waals surface area contributed by atoms with E-state index in [4.69, 9.17) is 4.99 Å². The lowest BCUT2D eigenvalue weighted by molar-refractivity contribution is 0.547. The molecule has 134 valence electrons. The average molecular weight is 435 g/mol. The van der Waals surface area contributed by atoms with E-state index in [2.05, 4.69) is 43.4 Å². The SMILES string of the molecule is CCCCCC(C)NC(=NCc1c(C)nn(C)c1C)NCC.I. The van der Waals surface area contributed by atoms with Gasteiger partial charge in [0.15, 0.2) is 5.96 Å². The first-order valence-electron chi connectivity index (χ1n) is 8.53. The van der Waals surface area contributed by atoms with Crippen LogP contribution in [0.3, 0.4) is 0 Å². The minimum atomic E-state index is 0. The van der Waals surface area contributed by atoms with Crippen LogP contribution >= 0.6 is 24.0 Å². The van der Waals surface area contributed by atoms with Crippen LogP contribution in [-0.2, 0) is 13.6 Å². The van der Waals surface area contributed by atoms with Crippen molar-refractivity contribution in [3.8, 4) is 0 Å². The van der Waals surface area contributed by atoms with Gasteiger partial charge in [0.2, 0.25) is 0 Å². The molecule has 1 aromatic heterocycles. The Morgan fingerprint density at radius 2 is 1.96 bits per heavy atom. The highest BCUT2D eigenvalue weighted by Crippen LogP contribution is 2.12. The van der Waals surface area contributed by atoms with E-state index >= 15 is 0 Å². The van der Waals surface area contributed by atoms with E-state index in [1.807, 2.05) is 18.7 Å². The highest BCUT2D eigenvalue weighted by molar-refractivity contribution is 14.0. The first-order valence-corrected chi connectivity index (χ1v) is 8.53. The van der Waals surface area contributed by atoms with Gasteiger partial charge in [0.05, 0.1) is 12.2 Å². The largest absolute Gasteiger partial charge is 0.357 e. The molecule has 1 heterocycles. The smallest absolute Gasteiger partial charge is 0.191 e. The number of hydrogen-bond donors (Lipinski definition) is 2. The van der Waals surface area contributed by atoms with Crippen LogP contribution in [0.15, 0.2) is 4.99 Å². The van der Waals surface area contributed by atoms with Crippen molar-refractivity contribution in [2.45, 2.75) is 72.9 Å². The summed E-state index contributed by atoms with van der Waals surface area (Å²) in [6.45, 7) is 12.2. The van der Waals surface area contributed by atoms with Crippen LogP contribution in [-0.4, -0.2) is 28.3 Å². The zero-order valence-corrected chi connectivity index (χ0v) is 17.9. The van der Waals surface area contributed by atoms with Crippen molar-refractivity contribution in [2.75, 3.05) is 6.54 Å². The number of guanidine groups is 1. The third-order valence-electron chi connectivity index (χ3n) is 4.02. The molecule has 0 bridgehead atoms. The lowest BCUT2D eigenvalue weighted by Crippen LogP contribution is -2.42. The van der Waals surface area contributed by atoms with E-state index in [1.165, 1.54) is 36.9 Å². The fraction of sp³-hybridized carbons (Fsp3) is 0.765. The fourth-order valence-electron chi connectivity index (χ4n) is 2.53. The van der Waals surface area contributed by atoms with Gasteiger partial charge < -0.3 is 10.6 Å². The van der Waals surface area contributed by atoms with Crippen molar-refractivity contribution in [2.24, 2.45) is 12.0 Å². The van der Waals surface area contributed by atoms with Crippen LogP contribution in [0.5, 0.6) is 0 Å². The van der Waals surface area contributed by atoms with Crippen molar-refractivity contribution >= 4 is 29.9 Å². The molecule has 0 aliphatic carbocycles. The second-order valence-corrected chi connectivity index (χ2v) is 6.01. The molecular formula is C17H34IN5. The molecule has 0 saturated heterocycles. The molecule has 1 atom stereocenters. The molecule has 0 saturated carbocycles. The second kappa shape index (κ2) is 11.7. The molecule has 6 heteroatoms. The van der Waals surface area contributed by atoms with Gasteiger partial charge in [-0.15, -0.1) is 24.0 Å². The molecule has 1 unspecified atom stereocenters. The van der Waals surface area contributed by atoms with Crippen LogP contribution in [0.25, 0.3) is 0 Å². The predicted octanol–water partition coefficient (Wildman–Crippen LogP) is 3.68. The number of rotatable bonds is 8. The van der Waals surface area contributed by atoms with Crippen LogP contribution in [0.1, 0.15) is 63.4 Å². The summed E-state index contributed by atoms with van der Waals surface area (Å²) in [5.74, 6) is 0.897. The summed E-state index contributed by atoms with van der Waals surface area (Å²) >= 11 is 0. The van der Waals surface area contributed by atoms with Crippen molar-refractivity contribution in [3.05, 3.63) is 17.0 Å². The molecule has 0 aliphatic rings. The van der Waals surface area contributed by atoms with Gasteiger partial charge >= 0.3 is 0 Å². The van der Waals surface area contributed by atoms with Gasteiger partial charge in [-0.25, -0.2) is 4.99 Å². The predicted molar refractivity (Wildman–Crippen MR) is 110 cm³/mol. The minimum Gasteiger partial charge on any atom is -0.357 e. The molecule has 0 aromatic carbocycles. The quantitative estimate of drug-likeness (QED) is 0.284. The first-order chi connectivity index (χ1) is 10.5. The Balaban J connectivity index is 0.00000484. The molecule has 0 amide bonds. The summed E-state index contributed by atoms with van der Waals surface area (Å²) in [4.78, 5) is 4.73. The second-order valence-electron chi connectivity index (χ2n) is 6.01. The van der Waals surface area contributed by atoms with Crippen molar-refractivity contribution in [1.82, 2.24) is 20.4 Å². The van der Waals surface area contributed by atoms with E-state index in [1.54, 1.807) is 0 Å². The topological polar surface area (TPSA) is 54.2 Å². The number of nitrogens with zero attached hydrogens (tertiary/aromatic N) is 3. The van der Waals surface area contributed by atoms with E-state index in [-0.39, 0.29) is 24.0 Å². The molecule has 1 aromatic rings. The van der Waals surface area contributed by atoms with Crippen LogP contribution < -0.4 is 10.6 Å². The minimum absolute atomic E-state index is 0. The van der Waals surface area contributed by atoms with Crippen molar-refractivity contribution < 1.29 is 0 Å². The summed E-state index contributed by atoms with van der Waals surface area (Å²) in [6.07, 6.45) is 5.02. The molecule has 0 spiro atoms. The van der Waals surface area contributed by atoms with E-state index in [0.717, 1.165) is 18.2 Å². The molecule has 0 radical (unpaired) electrons. The number of halogens is 1. The van der Waals surface area contributed by atoms with Gasteiger partial charge in [-0.2, -0.15) is 5.10 Å². The Labute approximate surface area is 158 Å². The fourth-order valence-corrected chi connectivity index (χ4v) is 2.53. The Morgan fingerprint density at radius 3 is 2.48 bits per heavy atom. The van der Waals surface area contributed by atoms with Gasteiger partial charge in [0.1, 0.15) is 0 Å². The Hall–Kier alpha value is -0.790. The lowest BCUT2D eigenvalue weighted by Gasteiger charge is -2.17. The number of aliphatic imine (C=N–C) groups is 1. The van der Waals surface area contributed by atoms with Crippen molar-refractivity contribution in [1.29, 1.82) is 0 Å². The maximum atomic E-state index is 4.73. The highest BCUT2D eigenvalue weighted by Gasteiger charge is 2.10. The van der Waals surface area contributed by atoms with Crippen molar-refractivity contribution in [3.63, 3.8) is 0 Å². The lowest BCUT2D eigenvalue weighted by atomic mass is 10.1. The van der Waals surface area contributed by atoms with Gasteiger partial charge in [-0.1, -0.05) is 26.2 Å². The summed E-state index contributed by atoms with van der Waals surface area (Å²) in [6, 6.07) is 0.445. The molecule has 0 aliphatic heterocycles. The van der Waals surface area contributed by atoms with Gasteiger partial charge in [-0.05, 0) is 34.1 Å². The van der Waals surface area contributed by atoms with Crippen LogP contribution in [0.2, 0.25) is 0 Å². The zero-order valence-electron chi connectivity index (χ0n) is 15.6. The van der Waals surface area contributed by atoms with Crippen LogP contribution in [0.4, 0.5) is 0 Å². The Morgan fingerprint density at radius 1 is 1.26 bits per heavy atom. The maximum Gasteiger partial charge on any atom is 0.191 e. The normalized spacial score (nSPS) is 12.7.